The number of para-hydroxylation sites is 2. The number of fused-ring (bicyclic) bond motifs is 3. The Balaban J connectivity index is 1.47. The number of benzene rings is 2. The predicted molar refractivity (Wildman–Crippen MR) is 103 cm³/mol. The van der Waals surface area contributed by atoms with Gasteiger partial charge in [-0.05, 0) is 18.2 Å². The molecule has 0 spiro atoms. The molecular formula is C19H15N5OS. The van der Waals surface area contributed by atoms with Crippen LogP contribution in [-0.2, 0) is 4.79 Å². The summed E-state index contributed by atoms with van der Waals surface area (Å²) in [4.78, 5) is 17.0. The summed E-state index contributed by atoms with van der Waals surface area (Å²) < 4.78 is 0. The number of hydrogen-bond donors (Lipinski definition) is 1. The predicted octanol–water partition coefficient (Wildman–Crippen LogP) is 3.66. The van der Waals surface area contributed by atoms with Gasteiger partial charge in [-0.3, -0.25) is 4.79 Å². The maximum absolute atomic E-state index is 12.3. The summed E-state index contributed by atoms with van der Waals surface area (Å²) >= 11 is 1.35. The van der Waals surface area contributed by atoms with Crippen molar-refractivity contribution in [2.45, 2.75) is 12.5 Å². The average Bonchev–Trinajstić information content (AvgIpc) is 3.17. The number of nitrogens with one attached hydrogen (secondary N) is 1. The van der Waals surface area contributed by atoms with E-state index in [2.05, 4.69) is 27.5 Å². The second kappa shape index (κ2) is 7.02. The lowest BCUT2D eigenvalue weighted by Gasteiger charge is -2.29. The van der Waals surface area contributed by atoms with Crippen molar-refractivity contribution in [3.8, 4) is 6.07 Å². The lowest BCUT2D eigenvalue weighted by Crippen LogP contribution is -2.29. The number of rotatable bonds is 3. The molecule has 1 amide bonds. The molecule has 0 saturated heterocycles. The van der Waals surface area contributed by atoms with Gasteiger partial charge in [-0.15, -0.1) is 0 Å². The smallest absolute Gasteiger partial charge is 0.234 e. The van der Waals surface area contributed by atoms with E-state index in [1.54, 1.807) is 24.3 Å². The molecule has 128 valence electrons. The molecule has 2 heterocycles. The molecule has 7 heteroatoms. The van der Waals surface area contributed by atoms with Crippen LogP contribution in [0.15, 0.2) is 58.6 Å². The second-order valence-corrected chi connectivity index (χ2v) is 6.78. The number of carbonyl (C=O) groups is 1. The number of nitrogens with zero attached hydrogens (tertiary/aromatic N) is 4. The Labute approximate surface area is 155 Å². The highest BCUT2D eigenvalue weighted by Crippen LogP contribution is 2.40. The number of hydrazone groups is 1. The number of amidine groups is 1. The maximum atomic E-state index is 12.3. The SMILES string of the molecule is N#Cc1ccccc1NC(=O)CSC1=Nc2ccccc2[C@@H]2CC=NN12. The van der Waals surface area contributed by atoms with Gasteiger partial charge in [-0.25, -0.2) is 10.0 Å². The van der Waals surface area contributed by atoms with Gasteiger partial charge in [0.25, 0.3) is 0 Å². The van der Waals surface area contributed by atoms with E-state index >= 15 is 0 Å². The Bertz CT molecular complexity index is 962. The molecule has 0 radical (unpaired) electrons. The minimum Gasteiger partial charge on any atom is -0.324 e. The van der Waals surface area contributed by atoms with E-state index in [9.17, 15) is 4.79 Å². The first-order valence-corrected chi connectivity index (χ1v) is 9.16. The summed E-state index contributed by atoms with van der Waals surface area (Å²) in [5.74, 6) is 0.0125. The Morgan fingerprint density at radius 1 is 1.27 bits per heavy atom. The summed E-state index contributed by atoms with van der Waals surface area (Å²) in [5, 5.41) is 18.9. The van der Waals surface area contributed by atoms with Gasteiger partial charge in [0.2, 0.25) is 5.91 Å². The minimum absolute atomic E-state index is 0.147. The standard InChI is InChI=1S/C19H15N5OS/c20-11-13-5-1-3-7-15(13)22-18(25)12-26-19-23-16-8-4-2-6-14(16)17-9-10-21-24(17)19/h1-8,10,17H,9,12H2,(H,22,25)/t17-/m0/s1. The molecule has 4 rings (SSSR count). The summed E-state index contributed by atoms with van der Waals surface area (Å²) in [7, 11) is 0. The fraction of sp³-hybridized carbons (Fsp3) is 0.158. The van der Waals surface area contributed by atoms with Crippen molar-refractivity contribution in [2.24, 2.45) is 10.1 Å². The summed E-state index contributed by atoms with van der Waals surface area (Å²) in [6.45, 7) is 0. The number of amides is 1. The van der Waals surface area contributed by atoms with Crippen molar-refractivity contribution in [1.82, 2.24) is 5.01 Å². The topological polar surface area (TPSA) is 80.8 Å². The third-order valence-corrected chi connectivity index (χ3v) is 5.13. The molecule has 1 atom stereocenters. The molecule has 2 aliphatic rings. The van der Waals surface area contributed by atoms with E-state index in [0.29, 0.717) is 16.4 Å². The number of aliphatic imine (C=N–C) groups is 1. The number of anilines is 1. The third-order valence-electron chi connectivity index (χ3n) is 4.19. The first kappa shape index (κ1) is 16.4. The Morgan fingerprint density at radius 3 is 2.96 bits per heavy atom. The fourth-order valence-corrected chi connectivity index (χ4v) is 3.79. The molecule has 6 nitrogen and oxygen atoms in total. The fourth-order valence-electron chi connectivity index (χ4n) is 2.99. The highest BCUT2D eigenvalue weighted by Gasteiger charge is 2.32. The van der Waals surface area contributed by atoms with E-state index in [1.165, 1.54) is 11.8 Å². The van der Waals surface area contributed by atoms with Gasteiger partial charge in [-0.2, -0.15) is 10.4 Å². The zero-order chi connectivity index (χ0) is 17.9. The molecule has 0 bridgehead atoms. The van der Waals surface area contributed by atoms with Crippen molar-refractivity contribution in [1.29, 1.82) is 5.26 Å². The maximum Gasteiger partial charge on any atom is 0.234 e. The van der Waals surface area contributed by atoms with Crippen LogP contribution in [0, 0.1) is 11.3 Å². The van der Waals surface area contributed by atoms with E-state index in [1.807, 2.05) is 29.4 Å². The largest absolute Gasteiger partial charge is 0.324 e. The summed E-state index contributed by atoms with van der Waals surface area (Å²) in [5.41, 5.74) is 3.05. The van der Waals surface area contributed by atoms with Gasteiger partial charge in [0, 0.05) is 18.2 Å². The summed E-state index contributed by atoms with van der Waals surface area (Å²) in [6.07, 6.45) is 2.71. The lowest BCUT2D eigenvalue weighted by atomic mass is 10.0. The zero-order valence-corrected chi connectivity index (χ0v) is 14.6. The summed E-state index contributed by atoms with van der Waals surface area (Å²) in [6, 6.07) is 17.2. The van der Waals surface area contributed by atoms with E-state index in [4.69, 9.17) is 5.26 Å². The van der Waals surface area contributed by atoms with Crippen LogP contribution in [0.1, 0.15) is 23.6 Å². The van der Waals surface area contributed by atoms with Crippen molar-refractivity contribution in [3.63, 3.8) is 0 Å². The zero-order valence-electron chi connectivity index (χ0n) is 13.8. The number of hydrogen-bond acceptors (Lipinski definition) is 6. The van der Waals surface area contributed by atoms with Crippen LogP contribution in [0.25, 0.3) is 0 Å². The Morgan fingerprint density at radius 2 is 2.08 bits per heavy atom. The number of nitriles is 1. The molecule has 2 aliphatic heterocycles. The molecule has 2 aromatic rings. The molecule has 0 fully saturated rings. The third kappa shape index (κ3) is 3.07. The van der Waals surface area contributed by atoms with Crippen LogP contribution in [0.2, 0.25) is 0 Å². The minimum atomic E-state index is -0.181. The molecule has 2 aromatic carbocycles. The lowest BCUT2D eigenvalue weighted by molar-refractivity contribution is -0.113. The van der Waals surface area contributed by atoms with Gasteiger partial charge < -0.3 is 5.32 Å². The Hall–Kier alpha value is -3.11. The Kier molecular flexibility index (Phi) is 4.42. The van der Waals surface area contributed by atoms with Crippen molar-refractivity contribution in [3.05, 3.63) is 59.7 Å². The van der Waals surface area contributed by atoms with Gasteiger partial charge in [0.15, 0.2) is 5.17 Å². The molecule has 0 unspecified atom stereocenters. The second-order valence-electron chi connectivity index (χ2n) is 5.84. The molecule has 1 N–H and O–H groups in total. The van der Waals surface area contributed by atoms with Gasteiger partial charge >= 0.3 is 0 Å². The van der Waals surface area contributed by atoms with Crippen LogP contribution >= 0.6 is 11.8 Å². The van der Waals surface area contributed by atoms with Crippen LogP contribution in [0.5, 0.6) is 0 Å². The van der Waals surface area contributed by atoms with Crippen molar-refractivity contribution < 1.29 is 4.79 Å². The highest BCUT2D eigenvalue weighted by atomic mass is 32.2. The van der Waals surface area contributed by atoms with Crippen LogP contribution in [0.3, 0.4) is 0 Å². The molecule has 0 saturated carbocycles. The van der Waals surface area contributed by atoms with Crippen LogP contribution in [0.4, 0.5) is 11.4 Å². The number of carbonyl (C=O) groups excluding carboxylic acids is 1. The molecule has 0 aromatic heterocycles. The van der Waals surface area contributed by atoms with E-state index in [-0.39, 0.29) is 17.7 Å². The normalized spacial score (nSPS) is 17.1. The molecular weight excluding hydrogens is 346 g/mol. The van der Waals surface area contributed by atoms with Gasteiger partial charge in [0.1, 0.15) is 6.07 Å². The van der Waals surface area contributed by atoms with Crippen LogP contribution < -0.4 is 5.32 Å². The first-order valence-electron chi connectivity index (χ1n) is 8.17. The van der Waals surface area contributed by atoms with E-state index < -0.39 is 0 Å². The molecule has 0 aliphatic carbocycles. The highest BCUT2D eigenvalue weighted by molar-refractivity contribution is 8.14. The number of thioether (sulfide) groups is 1. The first-order chi connectivity index (χ1) is 12.8. The van der Waals surface area contributed by atoms with E-state index in [0.717, 1.165) is 17.7 Å². The average molecular weight is 361 g/mol. The van der Waals surface area contributed by atoms with Crippen LogP contribution in [-0.4, -0.2) is 28.1 Å². The van der Waals surface area contributed by atoms with Crippen molar-refractivity contribution >= 4 is 40.4 Å². The monoisotopic (exact) mass is 361 g/mol. The van der Waals surface area contributed by atoms with Crippen molar-refractivity contribution in [2.75, 3.05) is 11.1 Å². The van der Waals surface area contributed by atoms with Gasteiger partial charge in [0.05, 0.1) is 28.7 Å². The molecule has 26 heavy (non-hydrogen) atoms. The quantitative estimate of drug-likeness (QED) is 0.904. The van der Waals surface area contributed by atoms with Gasteiger partial charge in [-0.1, -0.05) is 42.1 Å².